The molecule has 0 radical (unpaired) electrons. The Labute approximate surface area is 163 Å². The van der Waals surface area contributed by atoms with Gasteiger partial charge in [0.15, 0.2) is 11.5 Å². The Morgan fingerprint density at radius 3 is 2.71 bits per heavy atom. The van der Waals surface area contributed by atoms with Crippen LogP contribution in [0.5, 0.6) is 0 Å². The summed E-state index contributed by atoms with van der Waals surface area (Å²) in [5, 5.41) is 11.1. The molecule has 1 amide bonds. The number of pyridine rings is 1. The van der Waals surface area contributed by atoms with Gasteiger partial charge in [-0.2, -0.15) is 4.31 Å². The summed E-state index contributed by atoms with van der Waals surface area (Å²) in [5.74, 6) is 0.230. The minimum atomic E-state index is -3.57. The first kappa shape index (κ1) is 18.6. The van der Waals surface area contributed by atoms with Gasteiger partial charge < -0.3 is 9.88 Å². The van der Waals surface area contributed by atoms with Gasteiger partial charge >= 0.3 is 0 Å². The number of fused-ring (bicyclic) bond motifs is 1. The van der Waals surface area contributed by atoms with E-state index in [1.807, 2.05) is 31.3 Å². The second-order valence-electron chi connectivity index (χ2n) is 6.97. The highest BCUT2D eigenvalue weighted by Crippen LogP contribution is 2.23. The van der Waals surface area contributed by atoms with Gasteiger partial charge in [-0.05, 0) is 38.0 Å². The Bertz CT molecular complexity index is 1130. The number of rotatable bonds is 5. The molecular weight excluding hydrogens is 380 g/mol. The summed E-state index contributed by atoms with van der Waals surface area (Å²) in [4.78, 5) is 12.9. The molecule has 1 saturated heterocycles. The van der Waals surface area contributed by atoms with E-state index in [-0.39, 0.29) is 16.5 Å². The van der Waals surface area contributed by atoms with Crippen molar-refractivity contribution >= 4 is 21.6 Å². The molecule has 1 N–H and O–H groups in total. The summed E-state index contributed by atoms with van der Waals surface area (Å²) in [6.07, 6.45) is 5.04. The van der Waals surface area contributed by atoms with E-state index in [9.17, 15) is 13.2 Å². The van der Waals surface area contributed by atoms with E-state index < -0.39 is 16.1 Å². The second-order valence-corrected chi connectivity index (χ2v) is 8.90. The highest BCUT2D eigenvalue weighted by Gasteiger charge is 2.29. The van der Waals surface area contributed by atoms with Crippen LogP contribution < -0.4 is 5.32 Å². The molecule has 4 heterocycles. The van der Waals surface area contributed by atoms with Crippen LogP contribution in [0.2, 0.25) is 0 Å². The van der Waals surface area contributed by atoms with Crippen LogP contribution in [0.4, 0.5) is 0 Å². The van der Waals surface area contributed by atoms with E-state index >= 15 is 0 Å². The summed E-state index contributed by atoms with van der Waals surface area (Å²) in [6.45, 7) is 2.86. The van der Waals surface area contributed by atoms with Gasteiger partial charge in [-0.25, -0.2) is 8.42 Å². The SMILES string of the molecule is CC(NC(=O)c1cc(S(=O)(=O)N2CCCC2)cn1C)c1nnc2ccccn12. The second kappa shape index (κ2) is 7.02. The molecule has 1 aliphatic heterocycles. The zero-order chi connectivity index (χ0) is 19.9. The molecule has 1 atom stereocenters. The number of hydrogen-bond acceptors (Lipinski definition) is 5. The van der Waals surface area contributed by atoms with Crippen molar-refractivity contribution in [3.63, 3.8) is 0 Å². The molecule has 10 heteroatoms. The quantitative estimate of drug-likeness (QED) is 0.694. The van der Waals surface area contributed by atoms with E-state index in [1.165, 1.54) is 21.1 Å². The first-order chi connectivity index (χ1) is 13.4. The van der Waals surface area contributed by atoms with Crippen LogP contribution in [-0.4, -0.2) is 50.9 Å². The van der Waals surface area contributed by atoms with Crippen LogP contribution >= 0.6 is 0 Å². The Morgan fingerprint density at radius 1 is 1.21 bits per heavy atom. The summed E-state index contributed by atoms with van der Waals surface area (Å²) in [5.41, 5.74) is 0.968. The fourth-order valence-electron chi connectivity index (χ4n) is 3.47. The van der Waals surface area contributed by atoms with Crippen molar-refractivity contribution in [2.45, 2.75) is 30.7 Å². The largest absolute Gasteiger partial charge is 0.345 e. The molecule has 1 unspecified atom stereocenters. The molecule has 1 aliphatic rings. The Kier molecular flexibility index (Phi) is 4.68. The first-order valence-electron chi connectivity index (χ1n) is 9.15. The normalized spacial score (nSPS) is 16.5. The van der Waals surface area contributed by atoms with Gasteiger partial charge in [0.2, 0.25) is 10.0 Å². The van der Waals surface area contributed by atoms with Gasteiger partial charge in [0, 0.05) is 32.5 Å². The topological polar surface area (TPSA) is 102 Å². The number of aromatic nitrogens is 4. The number of sulfonamides is 1. The van der Waals surface area contributed by atoms with Gasteiger partial charge in [0.1, 0.15) is 10.6 Å². The maximum Gasteiger partial charge on any atom is 0.268 e. The molecule has 0 saturated carbocycles. The molecule has 4 rings (SSSR count). The van der Waals surface area contributed by atoms with Crippen molar-refractivity contribution in [2.24, 2.45) is 7.05 Å². The molecule has 3 aromatic heterocycles. The summed E-state index contributed by atoms with van der Waals surface area (Å²) >= 11 is 0. The van der Waals surface area contributed by atoms with E-state index in [2.05, 4.69) is 15.5 Å². The average molecular weight is 402 g/mol. The molecular formula is C18H22N6O3S. The Morgan fingerprint density at radius 2 is 1.96 bits per heavy atom. The minimum absolute atomic E-state index is 0.141. The van der Waals surface area contributed by atoms with Crippen LogP contribution in [0.15, 0.2) is 41.6 Å². The van der Waals surface area contributed by atoms with Crippen LogP contribution in [0.25, 0.3) is 5.65 Å². The lowest BCUT2D eigenvalue weighted by molar-refractivity contribution is 0.0930. The van der Waals surface area contributed by atoms with Crippen molar-refractivity contribution in [3.8, 4) is 0 Å². The maximum absolute atomic E-state index is 12.8. The molecule has 0 bridgehead atoms. The van der Waals surface area contributed by atoms with Gasteiger partial charge in [-0.15, -0.1) is 10.2 Å². The van der Waals surface area contributed by atoms with Crippen LogP contribution in [0.3, 0.4) is 0 Å². The summed E-state index contributed by atoms with van der Waals surface area (Å²) in [6, 6.07) is 6.58. The zero-order valence-corrected chi connectivity index (χ0v) is 16.6. The number of amides is 1. The molecule has 9 nitrogen and oxygen atoms in total. The third kappa shape index (κ3) is 3.18. The van der Waals surface area contributed by atoms with Crippen molar-refractivity contribution in [2.75, 3.05) is 13.1 Å². The number of carbonyl (C=O) groups excluding carboxylic acids is 1. The molecule has 0 spiro atoms. The summed E-state index contributed by atoms with van der Waals surface area (Å²) in [7, 11) is -1.91. The van der Waals surface area contributed by atoms with Gasteiger partial charge in [0.05, 0.1) is 6.04 Å². The highest BCUT2D eigenvalue weighted by atomic mass is 32.2. The van der Waals surface area contributed by atoms with Crippen molar-refractivity contribution < 1.29 is 13.2 Å². The van der Waals surface area contributed by atoms with E-state index in [0.29, 0.717) is 24.6 Å². The standard InChI is InChI=1S/C18H22N6O3S/c1-13(17-21-20-16-7-3-4-10-24(16)17)19-18(25)15-11-14(12-22(15)2)28(26,27)23-8-5-6-9-23/h3-4,7,10-13H,5-6,8-9H2,1-2H3,(H,19,25). The fourth-order valence-corrected chi connectivity index (χ4v) is 5.06. The van der Waals surface area contributed by atoms with Gasteiger partial charge in [-0.1, -0.05) is 6.07 Å². The molecule has 148 valence electrons. The van der Waals surface area contributed by atoms with E-state index in [0.717, 1.165) is 12.8 Å². The van der Waals surface area contributed by atoms with E-state index in [4.69, 9.17) is 0 Å². The van der Waals surface area contributed by atoms with Crippen LogP contribution in [0.1, 0.15) is 42.1 Å². The first-order valence-corrected chi connectivity index (χ1v) is 10.6. The van der Waals surface area contributed by atoms with Crippen LogP contribution in [0, 0.1) is 0 Å². The predicted molar refractivity (Wildman–Crippen MR) is 102 cm³/mol. The third-order valence-corrected chi connectivity index (χ3v) is 6.85. The van der Waals surface area contributed by atoms with Crippen LogP contribution in [-0.2, 0) is 17.1 Å². The fraction of sp³-hybridized carbons (Fsp3) is 0.389. The third-order valence-electron chi connectivity index (χ3n) is 4.99. The molecule has 28 heavy (non-hydrogen) atoms. The highest BCUT2D eigenvalue weighted by molar-refractivity contribution is 7.89. The Balaban J connectivity index is 1.56. The number of aryl methyl sites for hydroxylation is 1. The van der Waals surface area contributed by atoms with E-state index in [1.54, 1.807) is 11.4 Å². The molecule has 1 fully saturated rings. The smallest absolute Gasteiger partial charge is 0.268 e. The maximum atomic E-state index is 12.8. The van der Waals surface area contributed by atoms with Gasteiger partial charge in [0.25, 0.3) is 5.91 Å². The lowest BCUT2D eigenvalue weighted by Gasteiger charge is -2.13. The number of nitrogens with zero attached hydrogens (tertiary/aromatic N) is 5. The number of hydrogen-bond donors (Lipinski definition) is 1. The minimum Gasteiger partial charge on any atom is -0.345 e. The molecule has 0 aliphatic carbocycles. The lowest BCUT2D eigenvalue weighted by atomic mass is 10.3. The number of nitrogens with one attached hydrogen (secondary N) is 1. The van der Waals surface area contributed by atoms with Crippen molar-refractivity contribution in [1.82, 2.24) is 28.8 Å². The predicted octanol–water partition coefficient (Wildman–Crippen LogP) is 1.34. The zero-order valence-electron chi connectivity index (χ0n) is 15.7. The summed E-state index contributed by atoms with van der Waals surface area (Å²) < 4.78 is 30.3. The molecule has 3 aromatic rings. The lowest BCUT2D eigenvalue weighted by Crippen LogP contribution is -2.29. The average Bonchev–Trinajstić information content (AvgIpc) is 3.41. The van der Waals surface area contributed by atoms with Gasteiger partial charge in [-0.3, -0.25) is 9.20 Å². The monoisotopic (exact) mass is 402 g/mol. The molecule has 0 aromatic carbocycles. The van der Waals surface area contributed by atoms with Crippen molar-refractivity contribution in [1.29, 1.82) is 0 Å². The number of carbonyl (C=O) groups is 1. The van der Waals surface area contributed by atoms with Crippen molar-refractivity contribution in [3.05, 3.63) is 48.2 Å². The Hall–Kier alpha value is -2.72.